The van der Waals surface area contributed by atoms with Crippen LogP contribution < -0.4 is 0 Å². The van der Waals surface area contributed by atoms with Gasteiger partial charge in [0.2, 0.25) is 0 Å². The van der Waals surface area contributed by atoms with E-state index in [1.807, 2.05) is 0 Å². The first-order chi connectivity index (χ1) is 7.13. The quantitative estimate of drug-likeness (QED) is 0.656. The Kier molecular flexibility index (Phi) is 2.19. The molecule has 0 aromatic heterocycles. The second-order valence-electron chi connectivity index (χ2n) is 3.34. The molecule has 0 fully saturated rings. The number of methoxy groups -OCH3 is 1. The van der Waals surface area contributed by atoms with Gasteiger partial charge in [-0.05, 0) is 19.1 Å². The highest BCUT2D eigenvalue weighted by Gasteiger charge is 2.28. The summed E-state index contributed by atoms with van der Waals surface area (Å²) in [5.74, 6) is -0.839. The van der Waals surface area contributed by atoms with E-state index < -0.39 is 5.97 Å². The minimum Gasteiger partial charge on any atom is -0.465 e. The highest BCUT2D eigenvalue weighted by Crippen LogP contribution is 2.30. The van der Waals surface area contributed by atoms with Crippen molar-refractivity contribution in [2.75, 3.05) is 7.11 Å². The minimum absolute atomic E-state index is 0.237. The molecule has 1 unspecified atom stereocenters. The average molecular weight is 206 g/mol. The van der Waals surface area contributed by atoms with Crippen LogP contribution in [0.3, 0.4) is 0 Å². The molecule has 2 rings (SSSR count). The standard InChI is InChI=1S/C11H10O4/c1-6-8-4-3-7(10(12)14-2)5-9(8)11(13)15-6/h3-6H,1-2H3. The molecule has 1 atom stereocenters. The van der Waals surface area contributed by atoms with Crippen molar-refractivity contribution >= 4 is 11.9 Å². The molecule has 0 bridgehead atoms. The largest absolute Gasteiger partial charge is 0.465 e. The summed E-state index contributed by atoms with van der Waals surface area (Å²) >= 11 is 0. The van der Waals surface area contributed by atoms with Gasteiger partial charge in [-0.3, -0.25) is 0 Å². The van der Waals surface area contributed by atoms with E-state index in [1.165, 1.54) is 13.2 Å². The molecule has 1 aliphatic heterocycles. The van der Waals surface area contributed by atoms with E-state index in [0.29, 0.717) is 11.1 Å². The maximum Gasteiger partial charge on any atom is 0.339 e. The van der Waals surface area contributed by atoms with Crippen LogP contribution in [-0.2, 0) is 9.47 Å². The zero-order valence-electron chi connectivity index (χ0n) is 8.44. The van der Waals surface area contributed by atoms with Gasteiger partial charge in [-0.15, -0.1) is 0 Å². The minimum atomic E-state index is -0.454. The van der Waals surface area contributed by atoms with E-state index in [4.69, 9.17) is 4.74 Å². The van der Waals surface area contributed by atoms with Crippen LogP contribution >= 0.6 is 0 Å². The van der Waals surface area contributed by atoms with Crippen LogP contribution in [0.15, 0.2) is 18.2 Å². The first-order valence-corrected chi connectivity index (χ1v) is 4.56. The smallest absolute Gasteiger partial charge is 0.339 e. The van der Waals surface area contributed by atoms with Gasteiger partial charge in [-0.25, -0.2) is 9.59 Å². The molecular formula is C11H10O4. The molecule has 0 saturated heterocycles. The molecule has 1 aromatic rings. The Morgan fingerprint density at radius 2 is 2.20 bits per heavy atom. The van der Waals surface area contributed by atoms with Gasteiger partial charge in [-0.2, -0.15) is 0 Å². The van der Waals surface area contributed by atoms with Crippen LogP contribution in [0.4, 0.5) is 0 Å². The number of fused-ring (bicyclic) bond motifs is 1. The first-order valence-electron chi connectivity index (χ1n) is 4.56. The summed E-state index contributed by atoms with van der Waals surface area (Å²) in [6, 6.07) is 4.85. The lowest BCUT2D eigenvalue weighted by molar-refractivity contribution is 0.0421. The van der Waals surface area contributed by atoms with Gasteiger partial charge in [-0.1, -0.05) is 6.07 Å². The summed E-state index contributed by atoms with van der Waals surface area (Å²) in [6.07, 6.45) is -0.237. The van der Waals surface area contributed by atoms with E-state index in [1.54, 1.807) is 19.1 Å². The fourth-order valence-corrected chi connectivity index (χ4v) is 1.62. The highest BCUT2D eigenvalue weighted by atomic mass is 16.5. The number of ether oxygens (including phenoxy) is 2. The molecular weight excluding hydrogens is 196 g/mol. The molecule has 0 aliphatic carbocycles. The highest BCUT2D eigenvalue weighted by molar-refractivity contribution is 5.98. The lowest BCUT2D eigenvalue weighted by Gasteiger charge is -2.02. The molecule has 0 radical (unpaired) electrons. The Morgan fingerprint density at radius 1 is 1.47 bits per heavy atom. The maximum absolute atomic E-state index is 11.4. The van der Waals surface area contributed by atoms with E-state index in [-0.39, 0.29) is 12.1 Å². The molecule has 1 aliphatic rings. The molecule has 78 valence electrons. The van der Waals surface area contributed by atoms with Crippen LogP contribution in [0, 0.1) is 0 Å². The summed E-state index contributed by atoms with van der Waals surface area (Å²) in [4.78, 5) is 22.6. The van der Waals surface area contributed by atoms with Crippen molar-refractivity contribution in [2.45, 2.75) is 13.0 Å². The molecule has 15 heavy (non-hydrogen) atoms. The fourth-order valence-electron chi connectivity index (χ4n) is 1.62. The van der Waals surface area contributed by atoms with E-state index in [0.717, 1.165) is 5.56 Å². The zero-order valence-corrected chi connectivity index (χ0v) is 8.44. The third kappa shape index (κ3) is 1.48. The van der Waals surface area contributed by atoms with Crippen molar-refractivity contribution in [3.05, 3.63) is 34.9 Å². The summed E-state index contributed by atoms with van der Waals surface area (Å²) in [5.41, 5.74) is 1.63. The van der Waals surface area contributed by atoms with Crippen LogP contribution in [-0.4, -0.2) is 19.0 Å². The Labute approximate surface area is 86.8 Å². The number of carbonyl (C=O) groups is 2. The molecule has 0 amide bonds. The van der Waals surface area contributed by atoms with Crippen molar-refractivity contribution < 1.29 is 19.1 Å². The third-order valence-corrected chi connectivity index (χ3v) is 2.42. The maximum atomic E-state index is 11.4. The fraction of sp³-hybridized carbons (Fsp3) is 0.273. The summed E-state index contributed by atoms with van der Waals surface area (Å²) in [7, 11) is 1.30. The van der Waals surface area contributed by atoms with Crippen LogP contribution in [0.5, 0.6) is 0 Å². The normalized spacial score (nSPS) is 18.3. The van der Waals surface area contributed by atoms with Gasteiger partial charge < -0.3 is 9.47 Å². The van der Waals surface area contributed by atoms with Gasteiger partial charge in [0, 0.05) is 5.56 Å². The molecule has 4 heteroatoms. The third-order valence-electron chi connectivity index (χ3n) is 2.42. The lowest BCUT2D eigenvalue weighted by Crippen LogP contribution is -2.03. The van der Waals surface area contributed by atoms with E-state index >= 15 is 0 Å². The summed E-state index contributed by atoms with van der Waals surface area (Å²) < 4.78 is 9.58. The second kappa shape index (κ2) is 3.38. The monoisotopic (exact) mass is 206 g/mol. The SMILES string of the molecule is COC(=O)c1ccc2c(c1)C(=O)OC2C. The van der Waals surface area contributed by atoms with Crippen molar-refractivity contribution in [3.63, 3.8) is 0 Å². The molecule has 4 nitrogen and oxygen atoms in total. The van der Waals surface area contributed by atoms with Crippen molar-refractivity contribution in [2.24, 2.45) is 0 Å². The molecule has 0 saturated carbocycles. The van der Waals surface area contributed by atoms with Gasteiger partial charge in [0.1, 0.15) is 6.10 Å². The van der Waals surface area contributed by atoms with Crippen molar-refractivity contribution in [3.8, 4) is 0 Å². The second-order valence-corrected chi connectivity index (χ2v) is 3.34. The molecule has 0 N–H and O–H groups in total. The number of hydrogen-bond donors (Lipinski definition) is 0. The Balaban J connectivity index is 2.47. The van der Waals surface area contributed by atoms with Crippen LogP contribution in [0.2, 0.25) is 0 Å². The number of carbonyl (C=O) groups excluding carboxylic acids is 2. The van der Waals surface area contributed by atoms with Crippen molar-refractivity contribution in [1.29, 1.82) is 0 Å². The Hall–Kier alpha value is -1.84. The predicted octanol–water partition coefficient (Wildman–Crippen LogP) is 1.70. The number of hydrogen-bond acceptors (Lipinski definition) is 4. The zero-order chi connectivity index (χ0) is 11.0. The lowest BCUT2D eigenvalue weighted by atomic mass is 10.0. The molecule has 1 aromatic carbocycles. The van der Waals surface area contributed by atoms with E-state index in [9.17, 15) is 9.59 Å². The van der Waals surface area contributed by atoms with Gasteiger partial charge >= 0.3 is 11.9 Å². The topological polar surface area (TPSA) is 52.6 Å². The van der Waals surface area contributed by atoms with Gasteiger partial charge in [0.05, 0.1) is 18.2 Å². The van der Waals surface area contributed by atoms with Gasteiger partial charge in [0.15, 0.2) is 0 Å². The average Bonchev–Trinajstić information content (AvgIpc) is 2.53. The van der Waals surface area contributed by atoms with Gasteiger partial charge in [0.25, 0.3) is 0 Å². The van der Waals surface area contributed by atoms with Crippen LogP contribution in [0.25, 0.3) is 0 Å². The first kappa shape index (κ1) is 9.71. The molecule has 0 spiro atoms. The Bertz CT molecular complexity index is 436. The summed E-state index contributed by atoms with van der Waals surface area (Å²) in [6.45, 7) is 1.79. The Morgan fingerprint density at radius 3 is 2.87 bits per heavy atom. The van der Waals surface area contributed by atoms with Crippen LogP contribution in [0.1, 0.15) is 39.3 Å². The van der Waals surface area contributed by atoms with Crippen molar-refractivity contribution in [1.82, 2.24) is 0 Å². The summed E-state index contributed by atoms with van der Waals surface area (Å²) in [5, 5.41) is 0. The number of benzene rings is 1. The predicted molar refractivity (Wildman–Crippen MR) is 51.6 cm³/mol. The number of esters is 2. The molecule has 1 heterocycles. The number of cyclic esters (lactones) is 1. The van der Waals surface area contributed by atoms with E-state index in [2.05, 4.69) is 4.74 Å². The number of rotatable bonds is 1.